The zero-order chi connectivity index (χ0) is 34.6. The fraction of sp³-hybridized carbons (Fsp3) is 0.641. The average Bonchev–Trinajstić information content (AvgIpc) is 3.19. The Hall–Kier alpha value is -2.30. The van der Waals surface area contributed by atoms with Crippen molar-refractivity contribution >= 4 is 38.8 Å². The second-order valence-electron chi connectivity index (χ2n) is 16.0. The largest absolute Gasteiger partial charge is 0.490 e. The fourth-order valence-corrected chi connectivity index (χ4v) is 11.1. The number of hydrogen-bond acceptors (Lipinski definition) is 7. The van der Waals surface area contributed by atoms with Crippen LogP contribution in [-0.2, 0) is 26.3 Å². The molecule has 2 aliphatic carbocycles. The highest BCUT2D eigenvalue weighted by atomic mass is 35.5. The first-order chi connectivity index (χ1) is 23.4. The molecule has 5 aliphatic rings. The summed E-state index contributed by atoms with van der Waals surface area (Å²) in [7, 11) is -2.94. The minimum absolute atomic E-state index is 0.0577. The molecule has 1 unspecified atom stereocenters. The number of nitrogens with zero attached hydrogens (tertiary/aromatic N) is 2. The molecule has 8 atom stereocenters. The van der Waals surface area contributed by atoms with E-state index in [2.05, 4.69) is 46.4 Å². The molecule has 1 spiro atoms. The number of fused-ring (bicyclic) bond motifs is 4. The van der Waals surface area contributed by atoms with E-state index in [9.17, 15) is 14.1 Å². The lowest BCUT2D eigenvalue weighted by Gasteiger charge is -2.52. The number of aryl methyl sites for hydroxylation is 1. The number of hydrogen-bond donors (Lipinski definition) is 2. The van der Waals surface area contributed by atoms with Gasteiger partial charge in [-0.15, -0.1) is 0 Å². The van der Waals surface area contributed by atoms with Crippen LogP contribution >= 0.6 is 11.6 Å². The molecule has 3 heterocycles. The van der Waals surface area contributed by atoms with E-state index in [0.29, 0.717) is 38.3 Å². The smallest absolute Gasteiger partial charge is 0.262 e. The standard InChI is InChI=1S/C39H54ClN3O5S/c1-26-7-5-16-39(45,24-42-17-18-47-22-27(42)2)34-12-9-31(34)21-43-23-38(15-6-8-29-19-32(40)11-13-33(29)38)25-48-36-14-10-30(20-35(36)43)37(44)41-49(4,46)28(26)3/h10-11,13-14,19-20,26-28,31,34,45H,4-9,12,15-18,21-25H2,1-3H3,(H,41,44,46)/t26-,27-,28+,31-,34+,38-,39-,49?/m0/s1. The maximum atomic E-state index is 13.9. The summed E-state index contributed by atoms with van der Waals surface area (Å²) in [6, 6.07) is 12.1. The van der Waals surface area contributed by atoms with Gasteiger partial charge in [-0.25, -0.2) is 4.21 Å². The van der Waals surface area contributed by atoms with E-state index in [0.717, 1.165) is 81.0 Å². The number of ether oxygens (including phenoxy) is 2. The molecule has 268 valence electrons. The number of benzene rings is 2. The Bertz CT molecular complexity index is 1670. The summed E-state index contributed by atoms with van der Waals surface area (Å²) < 4.78 is 29.2. The second-order valence-corrected chi connectivity index (χ2v) is 18.8. The van der Waals surface area contributed by atoms with Crippen molar-refractivity contribution in [2.75, 3.05) is 50.9 Å². The summed E-state index contributed by atoms with van der Waals surface area (Å²) in [5.74, 6) is 4.91. The van der Waals surface area contributed by atoms with Gasteiger partial charge in [0.15, 0.2) is 0 Å². The number of β-amino-alcohol motifs (C(OH)–C–C–N with tert-alkyl or cyclic N) is 1. The minimum Gasteiger partial charge on any atom is -0.490 e. The number of rotatable bonds is 2. The molecule has 3 aliphatic heterocycles. The van der Waals surface area contributed by atoms with Gasteiger partial charge in [0.25, 0.3) is 5.91 Å². The molecular formula is C39H54ClN3O5S. The number of anilines is 1. The Morgan fingerprint density at radius 1 is 1.10 bits per heavy atom. The number of morpholine rings is 1. The van der Waals surface area contributed by atoms with Crippen molar-refractivity contribution in [2.24, 2.45) is 17.8 Å². The molecule has 10 heteroatoms. The third-order valence-electron chi connectivity index (χ3n) is 12.8. The van der Waals surface area contributed by atoms with Crippen molar-refractivity contribution in [1.82, 2.24) is 9.62 Å². The first kappa shape index (κ1) is 35.1. The molecule has 2 N–H and O–H groups in total. The molecule has 1 saturated carbocycles. The quantitative estimate of drug-likeness (QED) is 0.378. The predicted molar refractivity (Wildman–Crippen MR) is 198 cm³/mol. The molecule has 2 fully saturated rings. The Kier molecular flexibility index (Phi) is 9.80. The van der Waals surface area contributed by atoms with Crippen LogP contribution in [0.4, 0.5) is 5.69 Å². The summed E-state index contributed by atoms with van der Waals surface area (Å²) >= 11 is 6.48. The van der Waals surface area contributed by atoms with Gasteiger partial charge in [0.05, 0.1) is 40.8 Å². The van der Waals surface area contributed by atoms with Crippen molar-refractivity contribution in [3.8, 4) is 5.75 Å². The Labute approximate surface area is 298 Å². The number of nitrogens with one attached hydrogen (secondary N) is 1. The summed E-state index contributed by atoms with van der Waals surface area (Å²) in [6.45, 7) is 11.1. The maximum absolute atomic E-state index is 13.9. The maximum Gasteiger partial charge on any atom is 0.262 e. The molecule has 2 aromatic carbocycles. The molecule has 7 rings (SSSR count). The lowest BCUT2D eigenvalue weighted by molar-refractivity contribution is -0.123. The van der Waals surface area contributed by atoms with Crippen LogP contribution in [0, 0.1) is 17.8 Å². The van der Waals surface area contributed by atoms with Gasteiger partial charge < -0.3 is 19.5 Å². The van der Waals surface area contributed by atoms with E-state index in [1.165, 1.54) is 11.1 Å². The molecule has 8 nitrogen and oxygen atoms in total. The van der Waals surface area contributed by atoms with E-state index >= 15 is 0 Å². The van der Waals surface area contributed by atoms with Crippen molar-refractivity contribution < 1.29 is 23.6 Å². The van der Waals surface area contributed by atoms with Crippen molar-refractivity contribution in [3.63, 3.8) is 0 Å². The molecule has 1 amide bonds. The van der Waals surface area contributed by atoms with Gasteiger partial charge in [-0.2, -0.15) is 0 Å². The monoisotopic (exact) mass is 711 g/mol. The number of carbonyl (C=O) groups excluding carboxylic acids is 1. The van der Waals surface area contributed by atoms with Gasteiger partial charge in [0.1, 0.15) is 5.75 Å². The lowest BCUT2D eigenvalue weighted by Crippen LogP contribution is -2.59. The molecular weight excluding hydrogens is 658 g/mol. The highest BCUT2D eigenvalue weighted by Crippen LogP contribution is 2.49. The van der Waals surface area contributed by atoms with Gasteiger partial charge in [-0.05, 0) is 124 Å². The van der Waals surface area contributed by atoms with Crippen LogP contribution in [0.5, 0.6) is 5.75 Å². The van der Waals surface area contributed by atoms with Crippen molar-refractivity contribution in [3.05, 3.63) is 58.1 Å². The third-order valence-corrected chi connectivity index (χ3v) is 15.2. The van der Waals surface area contributed by atoms with E-state index in [-0.39, 0.29) is 40.4 Å². The van der Waals surface area contributed by atoms with Crippen LogP contribution in [-0.4, -0.2) is 88.9 Å². The summed E-state index contributed by atoms with van der Waals surface area (Å²) in [5, 5.41) is 13.2. The SMILES string of the molecule is C=S1(=O)NC(=O)c2ccc3c(c2)N(C[C@@H]2CC[C@H]2[C@@](O)(CN2CCOC[C@@H]2C)CCC[C@H](C)[C@H]1C)C[C@@]1(CCCc2cc(Cl)ccc21)CO3. The van der Waals surface area contributed by atoms with Crippen molar-refractivity contribution in [1.29, 1.82) is 0 Å². The van der Waals surface area contributed by atoms with Crippen LogP contribution in [0.1, 0.15) is 87.2 Å². The molecule has 0 aromatic heterocycles. The Morgan fingerprint density at radius 2 is 1.94 bits per heavy atom. The fourth-order valence-electron chi connectivity index (χ4n) is 9.41. The Morgan fingerprint density at radius 3 is 2.71 bits per heavy atom. The number of aliphatic hydroxyl groups is 1. The van der Waals surface area contributed by atoms with Gasteiger partial charge in [0, 0.05) is 53.5 Å². The van der Waals surface area contributed by atoms with Crippen LogP contribution in [0.15, 0.2) is 36.4 Å². The first-order valence-electron chi connectivity index (χ1n) is 18.4. The number of halogens is 1. The highest BCUT2D eigenvalue weighted by Gasteiger charge is 2.50. The van der Waals surface area contributed by atoms with Gasteiger partial charge in [-0.3, -0.25) is 14.4 Å². The molecule has 1 saturated heterocycles. The zero-order valence-corrected chi connectivity index (χ0v) is 31.0. The normalized spacial score (nSPS) is 37.2. The van der Waals surface area contributed by atoms with E-state index in [1.807, 2.05) is 25.1 Å². The third kappa shape index (κ3) is 6.87. The summed E-state index contributed by atoms with van der Waals surface area (Å²) in [6.07, 6.45) is 7.38. The van der Waals surface area contributed by atoms with Crippen LogP contribution in [0.25, 0.3) is 0 Å². The number of carbonyl (C=O) groups is 1. The van der Waals surface area contributed by atoms with Crippen LogP contribution in [0.2, 0.25) is 5.02 Å². The lowest BCUT2D eigenvalue weighted by atomic mass is 9.62. The predicted octanol–water partition coefficient (Wildman–Crippen LogP) is 5.86. The first-order valence-corrected chi connectivity index (χ1v) is 20.6. The summed E-state index contributed by atoms with van der Waals surface area (Å²) in [5.41, 5.74) is 2.81. The second kappa shape index (κ2) is 13.7. The van der Waals surface area contributed by atoms with Gasteiger partial charge in [0.2, 0.25) is 0 Å². The molecule has 49 heavy (non-hydrogen) atoms. The van der Waals surface area contributed by atoms with E-state index in [1.54, 1.807) is 6.07 Å². The van der Waals surface area contributed by atoms with Crippen molar-refractivity contribution in [2.45, 2.75) is 94.4 Å². The zero-order valence-electron chi connectivity index (χ0n) is 29.4. The summed E-state index contributed by atoms with van der Waals surface area (Å²) in [4.78, 5) is 18.6. The van der Waals surface area contributed by atoms with Gasteiger partial charge >= 0.3 is 0 Å². The highest BCUT2D eigenvalue weighted by molar-refractivity contribution is 7.99. The van der Waals surface area contributed by atoms with Gasteiger partial charge in [-0.1, -0.05) is 31.0 Å². The van der Waals surface area contributed by atoms with Crippen LogP contribution in [0.3, 0.4) is 0 Å². The average molecular weight is 712 g/mol. The van der Waals surface area contributed by atoms with E-state index < -0.39 is 15.3 Å². The molecule has 2 bridgehead atoms. The molecule has 0 radical (unpaired) electrons. The Balaban J connectivity index is 1.29. The van der Waals surface area contributed by atoms with Crippen LogP contribution < -0.4 is 14.4 Å². The minimum atomic E-state index is -2.94. The number of amides is 1. The topological polar surface area (TPSA) is 91.3 Å². The molecule has 2 aromatic rings. The van der Waals surface area contributed by atoms with E-state index in [4.69, 9.17) is 21.1 Å².